The predicted octanol–water partition coefficient (Wildman–Crippen LogP) is 1.49. The molecule has 1 aliphatic rings. The minimum Gasteiger partial charge on any atom is -0.378 e. The monoisotopic (exact) mass is 358 g/mol. The largest absolute Gasteiger partial charge is 0.378 e. The van der Waals surface area contributed by atoms with Crippen LogP contribution in [0.1, 0.15) is 31.2 Å². The Kier molecular flexibility index (Phi) is 6.70. The zero-order chi connectivity index (χ0) is 17.6. The van der Waals surface area contributed by atoms with Gasteiger partial charge in [0.2, 0.25) is 15.9 Å². The van der Waals surface area contributed by atoms with Gasteiger partial charge in [0.05, 0.1) is 17.5 Å². The highest BCUT2D eigenvalue weighted by molar-refractivity contribution is 7.89. The number of hydrogen-bond donors (Lipinski definition) is 2. The number of benzene rings is 1. The average Bonchev–Trinajstić information content (AvgIpc) is 2.56. The van der Waals surface area contributed by atoms with Gasteiger partial charge in [0.1, 0.15) is 5.82 Å². The van der Waals surface area contributed by atoms with Gasteiger partial charge in [0, 0.05) is 13.2 Å². The molecular formula is C16H23FN2O4S. The summed E-state index contributed by atoms with van der Waals surface area (Å²) >= 11 is 0. The van der Waals surface area contributed by atoms with E-state index in [0.717, 1.165) is 38.4 Å². The maximum atomic E-state index is 13.2. The van der Waals surface area contributed by atoms with Crippen molar-refractivity contribution in [1.29, 1.82) is 0 Å². The maximum Gasteiger partial charge on any atom is 0.241 e. The summed E-state index contributed by atoms with van der Waals surface area (Å²) in [5.41, 5.74) is 0.231. The van der Waals surface area contributed by atoms with Gasteiger partial charge < -0.3 is 10.1 Å². The van der Waals surface area contributed by atoms with Crippen LogP contribution in [0.3, 0.4) is 0 Å². The Bertz CT molecular complexity index is 673. The molecule has 0 aromatic heterocycles. The Labute approximate surface area is 141 Å². The highest BCUT2D eigenvalue weighted by atomic mass is 32.2. The molecule has 1 amide bonds. The first kappa shape index (κ1) is 18.8. The standard InChI is InChI=1S/C16H23FN2O4S/c1-12-10-14(5-6-15(12)17)24(21,22)19-11-16(20)18-8-7-13-4-2-3-9-23-13/h5-6,10,13,19H,2-4,7-9,11H2,1H3,(H,18,20)/t13-/m1/s1. The molecule has 1 saturated heterocycles. The number of carbonyl (C=O) groups is 1. The van der Waals surface area contributed by atoms with Crippen molar-refractivity contribution in [2.75, 3.05) is 19.7 Å². The second-order valence-electron chi connectivity index (χ2n) is 5.86. The molecule has 0 aliphatic carbocycles. The first-order valence-corrected chi connectivity index (χ1v) is 9.51. The fraction of sp³-hybridized carbons (Fsp3) is 0.562. The molecule has 0 radical (unpaired) electrons. The van der Waals surface area contributed by atoms with Crippen LogP contribution in [0.2, 0.25) is 0 Å². The van der Waals surface area contributed by atoms with Gasteiger partial charge in [-0.15, -0.1) is 0 Å². The van der Waals surface area contributed by atoms with Crippen LogP contribution in [0, 0.1) is 12.7 Å². The van der Waals surface area contributed by atoms with Crippen molar-refractivity contribution < 1.29 is 22.3 Å². The lowest BCUT2D eigenvalue weighted by Gasteiger charge is -2.22. The molecule has 1 aliphatic heterocycles. The van der Waals surface area contributed by atoms with E-state index in [4.69, 9.17) is 4.74 Å². The van der Waals surface area contributed by atoms with Crippen LogP contribution in [-0.2, 0) is 19.6 Å². The fourth-order valence-electron chi connectivity index (χ4n) is 2.50. The molecule has 0 unspecified atom stereocenters. The molecule has 1 aromatic carbocycles. The van der Waals surface area contributed by atoms with Crippen LogP contribution in [0.5, 0.6) is 0 Å². The lowest BCUT2D eigenvalue weighted by atomic mass is 10.1. The van der Waals surface area contributed by atoms with E-state index in [1.54, 1.807) is 0 Å². The van der Waals surface area contributed by atoms with Crippen LogP contribution in [-0.4, -0.2) is 40.1 Å². The van der Waals surface area contributed by atoms with Crippen molar-refractivity contribution in [3.8, 4) is 0 Å². The molecule has 2 N–H and O–H groups in total. The Hall–Kier alpha value is -1.51. The molecule has 8 heteroatoms. The molecule has 6 nitrogen and oxygen atoms in total. The third-order valence-electron chi connectivity index (χ3n) is 3.92. The SMILES string of the molecule is Cc1cc(S(=O)(=O)NCC(=O)NCC[C@H]2CCCCO2)ccc1F. The summed E-state index contributed by atoms with van der Waals surface area (Å²) in [5.74, 6) is -0.884. The zero-order valence-corrected chi connectivity index (χ0v) is 14.5. The van der Waals surface area contributed by atoms with E-state index < -0.39 is 21.7 Å². The Morgan fingerprint density at radius 2 is 2.17 bits per heavy atom. The highest BCUT2D eigenvalue weighted by Gasteiger charge is 2.17. The summed E-state index contributed by atoms with van der Waals surface area (Å²) in [5, 5.41) is 2.67. The van der Waals surface area contributed by atoms with Crippen LogP contribution >= 0.6 is 0 Å². The number of sulfonamides is 1. The van der Waals surface area contributed by atoms with Gasteiger partial charge in [-0.1, -0.05) is 0 Å². The smallest absolute Gasteiger partial charge is 0.241 e. The van der Waals surface area contributed by atoms with Gasteiger partial charge in [0.15, 0.2) is 0 Å². The van der Waals surface area contributed by atoms with Crippen molar-refractivity contribution in [1.82, 2.24) is 10.0 Å². The fourth-order valence-corrected chi connectivity index (χ4v) is 3.57. The molecule has 0 spiro atoms. The molecular weight excluding hydrogens is 335 g/mol. The Morgan fingerprint density at radius 1 is 1.38 bits per heavy atom. The van der Waals surface area contributed by atoms with Crippen LogP contribution in [0.25, 0.3) is 0 Å². The number of carbonyl (C=O) groups excluding carboxylic acids is 1. The van der Waals surface area contributed by atoms with E-state index in [1.165, 1.54) is 19.1 Å². The maximum absolute atomic E-state index is 13.2. The Balaban J connectivity index is 1.76. The first-order chi connectivity index (χ1) is 11.4. The third-order valence-corrected chi connectivity index (χ3v) is 5.32. The van der Waals surface area contributed by atoms with Crippen LogP contribution in [0.15, 0.2) is 23.1 Å². The molecule has 0 saturated carbocycles. The van der Waals surface area contributed by atoms with Gasteiger partial charge in [-0.25, -0.2) is 17.5 Å². The molecule has 1 aromatic rings. The number of ether oxygens (including phenoxy) is 1. The van der Waals surface area contributed by atoms with Crippen molar-refractivity contribution in [2.24, 2.45) is 0 Å². The van der Waals surface area contributed by atoms with E-state index in [2.05, 4.69) is 10.0 Å². The van der Waals surface area contributed by atoms with E-state index in [0.29, 0.717) is 6.54 Å². The van der Waals surface area contributed by atoms with Gasteiger partial charge in [-0.05, 0) is 56.4 Å². The van der Waals surface area contributed by atoms with Gasteiger partial charge in [-0.3, -0.25) is 4.79 Å². The number of halogens is 1. The lowest BCUT2D eigenvalue weighted by molar-refractivity contribution is -0.120. The number of nitrogens with one attached hydrogen (secondary N) is 2. The predicted molar refractivity (Wildman–Crippen MR) is 87.5 cm³/mol. The van der Waals surface area contributed by atoms with Crippen LogP contribution in [0.4, 0.5) is 4.39 Å². The van der Waals surface area contributed by atoms with E-state index in [1.807, 2.05) is 0 Å². The van der Waals surface area contributed by atoms with E-state index >= 15 is 0 Å². The third kappa shape index (κ3) is 5.54. The summed E-state index contributed by atoms with van der Waals surface area (Å²) < 4.78 is 45.2. The molecule has 24 heavy (non-hydrogen) atoms. The summed E-state index contributed by atoms with van der Waals surface area (Å²) in [6, 6.07) is 3.49. The zero-order valence-electron chi connectivity index (χ0n) is 13.7. The second-order valence-corrected chi connectivity index (χ2v) is 7.63. The van der Waals surface area contributed by atoms with Gasteiger partial charge in [0.25, 0.3) is 0 Å². The minimum absolute atomic E-state index is 0.0650. The van der Waals surface area contributed by atoms with Crippen molar-refractivity contribution in [3.63, 3.8) is 0 Å². The molecule has 0 bridgehead atoms. The Morgan fingerprint density at radius 3 is 2.83 bits per heavy atom. The van der Waals surface area contributed by atoms with E-state index in [9.17, 15) is 17.6 Å². The highest BCUT2D eigenvalue weighted by Crippen LogP contribution is 2.15. The molecule has 134 valence electrons. The lowest BCUT2D eigenvalue weighted by Crippen LogP contribution is -2.38. The summed E-state index contributed by atoms with van der Waals surface area (Å²) in [4.78, 5) is 11.7. The van der Waals surface area contributed by atoms with Crippen molar-refractivity contribution >= 4 is 15.9 Å². The van der Waals surface area contributed by atoms with Gasteiger partial charge in [-0.2, -0.15) is 0 Å². The van der Waals surface area contributed by atoms with E-state index in [-0.39, 0.29) is 23.1 Å². The average molecular weight is 358 g/mol. The second kappa shape index (κ2) is 8.55. The normalized spacial score (nSPS) is 18.3. The van der Waals surface area contributed by atoms with Gasteiger partial charge >= 0.3 is 0 Å². The first-order valence-electron chi connectivity index (χ1n) is 8.02. The molecule has 1 atom stereocenters. The number of hydrogen-bond acceptors (Lipinski definition) is 4. The molecule has 1 heterocycles. The van der Waals surface area contributed by atoms with Crippen LogP contribution < -0.4 is 10.0 Å². The van der Waals surface area contributed by atoms with Crippen molar-refractivity contribution in [3.05, 3.63) is 29.6 Å². The number of amides is 1. The summed E-state index contributed by atoms with van der Waals surface area (Å²) in [6.45, 7) is 2.33. The molecule has 2 rings (SSSR count). The number of rotatable bonds is 7. The van der Waals surface area contributed by atoms with Crippen molar-refractivity contribution in [2.45, 2.75) is 43.6 Å². The summed E-state index contributed by atoms with van der Waals surface area (Å²) in [7, 11) is -3.84. The topological polar surface area (TPSA) is 84.5 Å². The molecule has 1 fully saturated rings. The minimum atomic E-state index is -3.84. The number of aryl methyl sites for hydroxylation is 1. The summed E-state index contributed by atoms with van der Waals surface area (Å²) in [6.07, 6.45) is 4.09. The quantitative estimate of drug-likeness (QED) is 0.773.